The molecule has 0 bridgehead atoms. The molecule has 0 aliphatic rings. The second kappa shape index (κ2) is 5.99. The van der Waals surface area contributed by atoms with E-state index in [4.69, 9.17) is 10.00 Å². The van der Waals surface area contributed by atoms with Crippen LogP contribution in [-0.2, 0) is 9.53 Å². The van der Waals surface area contributed by atoms with Crippen molar-refractivity contribution in [3.63, 3.8) is 0 Å². The fourth-order valence-electron chi connectivity index (χ4n) is 1.01. The van der Waals surface area contributed by atoms with Gasteiger partial charge in [-0.05, 0) is 23.9 Å². The van der Waals surface area contributed by atoms with Crippen LogP contribution in [0.5, 0.6) is 0 Å². The fourth-order valence-corrected chi connectivity index (χ4v) is 1.67. The molecule has 4 heteroatoms. The average Bonchev–Trinajstić information content (AvgIpc) is 2.66. The molecule has 0 spiro atoms. The van der Waals surface area contributed by atoms with Gasteiger partial charge in [0.15, 0.2) is 0 Å². The van der Waals surface area contributed by atoms with Gasteiger partial charge in [0.25, 0.3) is 0 Å². The van der Waals surface area contributed by atoms with E-state index in [1.165, 1.54) is 11.3 Å². The Kier molecular flexibility index (Phi) is 4.58. The Morgan fingerprint density at radius 3 is 3.13 bits per heavy atom. The predicted octanol–water partition coefficient (Wildman–Crippen LogP) is 2.59. The summed E-state index contributed by atoms with van der Waals surface area (Å²) in [5.41, 5.74) is 0.945. The van der Waals surface area contributed by atoms with Crippen LogP contribution < -0.4 is 0 Å². The lowest BCUT2D eigenvalue weighted by atomic mass is 10.2. The van der Waals surface area contributed by atoms with Crippen molar-refractivity contribution in [3.8, 4) is 6.07 Å². The Balaban J connectivity index is 2.45. The molecule has 0 unspecified atom stereocenters. The highest BCUT2D eigenvalue weighted by Gasteiger charge is 1.97. The molecule has 1 aromatic heterocycles. The summed E-state index contributed by atoms with van der Waals surface area (Å²) in [7, 11) is 0. The van der Waals surface area contributed by atoms with E-state index in [0.29, 0.717) is 11.5 Å². The molecule has 78 valence electrons. The van der Waals surface area contributed by atoms with Crippen molar-refractivity contribution in [2.24, 2.45) is 0 Å². The molecule has 0 atom stereocenters. The second-order valence-electron chi connectivity index (χ2n) is 2.77. The smallest absolute Gasteiger partial charge is 0.309 e. The Bertz CT molecular complexity index is 401. The number of hydrogen-bond donors (Lipinski definition) is 0. The van der Waals surface area contributed by atoms with Crippen molar-refractivity contribution >= 4 is 23.4 Å². The molecule has 1 aromatic rings. The lowest BCUT2D eigenvalue weighted by molar-refractivity contribution is -0.142. The maximum atomic E-state index is 11.0. The molecular weight excluding hydrogens is 210 g/mol. The molecule has 0 aromatic carbocycles. The van der Waals surface area contributed by atoms with Crippen LogP contribution in [0.25, 0.3) is 6.08 Å². The third-order valence-electron chi connectivity index (χ3n) is 1.63. The molecule has 15 heavy (non-hydrogen) atoms. The molecule has 3 nitrogen and oxygen atoms in total. The van der Waals surface area contributed by atoms with Crippen LogP contribution in [0.2, 0.25) is 0 Å². The van der Waals surface area contributed by atoms with E-state index < -0.39 is 0 Å². The van der Waals surface area contributed by atoms with E-state index in [0.717, 1.165) is 5.56 Å². The summed E-state index contributed by atoms with van der Waals surface area (Å²) in [4.78, 5) is 11.6. The minimum absolute atomic E-state index is 0.232. The first kappa shape index (κ1) is 11.5. The quantitative estimate of drug-likeness (QED) is 0.734. The topological polar surface area (TPSA) is 50.1 Å². The zero-order valence-corrected chi connectivity index (χ0v) is 9.21. The molecule has 0 fully saturated rings. The van der Waals surface area contributed by atoms with Crippen LogP contribution in [0, 0.1) is 11.3 Å². The van der Waals surface area contributed by atoms with Gasteiger partial charge in [-0.1, -0.05) is 12.2 Å². The van der Waals surface area contributed by atoms with E-state index in [-0.39, 0.29) is 12.4 Å². The average molecular weight is 221 g/mol. The van der Waals surface area contributed by atoms with Crippen molar-refractivity contribution in [2.75, 3.05) is 6.61 Å². The van der Waals surface area contributed by atoms with Gasteiger partial charge in [-0.2, -0.15) is 5.26 Å². The number of rotatable bonds is 4. The van der Waals surface area contributed by atoms with Gasteiger partial charge in [0.05, 0.1) is 13.0 Å². The second-order valence-corrected chi connectivity index (χ2v) is 3.68. The van der Waals surface area contributed by atoms with Crippen LogP contribution in [0.4, 0.5) is 0 Å². The van der Waals surface area contributed by atoms with E-state index in [2.05, 4.69) is 6.07 Å². The summed E-state index contributed by atoms with van der Waals surface area (Å²) in [5, 5.41) is 10.5. The molecule has 0 radical (unpaired) electrons. The number of esters is 1. The normalized spacial score (nSPS) is 10.1. The first-order chi connectivity index (χ1) is 7.26. The van der Waals surface area contributed by atoms with E-state index in [1.807, 2.05) is 11.5 Å². The van der Waals surface area contributed by atoms with Crippen LogP contribution in [-0.4, -0.2) is 12.6 Å². The molecule has 0 saturated heterocycles. The first-order valence-electron chi connectivity index (χ1n) is 4.57. The number of thiophene rings is 1. The lowest BCUT2D eigenvalue weighted by Gasteiger charge is -1.95. The SMILES string of the molecule is CCOC(=O)CC=Cc1csc(C#N)c1. The molecule has 0 N–H and O–H groups in total. The third kappa shape index (κ3) is 3.96. The van der Waals surface area contributed by atoms with Crippen molar-refractivity contribution in [1.29, 1.82) is 5.26 Å². The molecule has 0 amide bonds. The van der Waals surface area contributed by atoms with Crippen LogP contribution in [0.3, 0.4) is 0 Å². The van der Waals surface area contributed by atoms with E-state index in [1.54, 1.807) is 19.1 Å². The number of carbonyl (C=O) groups is 1. The highest BCUT2D eigenvalue weighted by molar-refractivity contribution is 7.10. The van der Waals surface area contributed by atoms with Gasteiger partial charge in [-0.15, -0.1) is 11.3 Å². The van der Waals surface area contributed by atoms with Gasteiger partial charge in [-0.3, -0.25) is 4.79 Å². The number of hydrogen-bond acceptors (Lipinski definition) is 4. The van der Waals surface area contributed by atoms with Crippen LogP contribution in [0.1, 0.15) is 23.8 Å². The Hall–Kier alpha value is -1.60. The van der Waals surface area contributed by atoms with Crippen molar-refractivity contribution in [1.82, 2.24) is 0 Å². The molecule has 1 heterocycles. The Morgan fingerprint density at radius 1 is 1.73 bits per heavy atom. The summed E-state index contributed by atoms with van der Waals surface area (Å²) in [6.45, 7) is 2.18. The van der Waals surface area contributed by atoms with Gasteiger partial charge in [0.2, 0.25) is 0 Å². The summed E-state index contributed by atoms with van der Waals surface area (Å²) < 4.78 is 4.77. The summed E-state index contributed by atoms with van der Waals surface area (Å²) in [6, 6.07) is 3.84. The largest absolute Gasteiger partial charge is 0.466 e. The van der Waals surface area contributed by atoms with E-state index >= 15 is 0 Å². The molecule has 1 rings (SSSR count). The monoisotopic (exact) mass is 221 g/mol. The number of carbonyl (C=O) groups excluding carboxylic acids is 1. The summed E-state index contributed by atoms with van der Waals surface area (Å²) in [5.74, 6) is -0.232. The molecule has 0 aliphatic carbocycles. The van der Waals surface area contributed by atoms with Gasteiger partial charge in [-0.25, -0.2) is 0 Å². The van der Waals surface area contributed by atoms with Crippen molar-refractivity contribution in [3.05, 3.63) is 28.0 Å². The fraction of sp³-hybridized carbons (Fsp3) is 0.273. The number of nitrogens with zero attached hydrogens (tertiary/aromatic N) is 1. The number of nitriles is 1. The zero-order chi connectivity index (χ0) is 11.1. The van der Waals surface area contributed by atoms with Crippen LogP contribution >= 0.6 is 11.3 Å². The van der Waals surface area contributed by atoms with Crippen molar-refractivity contribution < 1.29 is 9.53 Å². The minimum atomic E-state index is -0.232. The highest BCUT2D eigenvalue weighted by atomic mass is 32.1. The molecule has 0 saturated carbocycles. The maximum absolute atomic E-state index is 11.0. The van der Waals surface area contributed by atoms with Crippen molar-refractivity contribution in [2.45, 2.75) is 13.3 Å². The minimum Gasteiger partial charge on any atom is -0.466 e. The first-order valence-corrected chi connectivity index (χ1v) is 5.45. The van der Waals surface area contributed by atoms with Gasteiger partial charge < -0.3 is 4.74 Å². The highest BCUT2D eigenvalue weighted by Crippen LogP contribution is 2.14. The Labute approximate surface area is 92.6 Å². The zero-order valence-electron chi connectivity index (χ0n) is 8.40. The standard InChI is InChI=1S/C11H11NO2S/c1-2-14-11(13)5-3-4-9-6-10(7-12)15-8-9/h3-4,6,8H,2,5H2,1H3. The van der Waals surface area contributed by atoms with Gasteiger partial charge >= 0.3 is 5.97 Å². The Morgan fingerprint density at radius 2 is 2.53 bits per heavy atom. The summed E-state index contributed by atoms with van der Waals surface area (Å²) >= 11 is 1.39. The number of ether oxygens (including phenoxy) is 1. The predicted molar refractivity (Wildman–Crippen MR) is 59.3 cm³/mol. The maximum Gasteiger partial charge on any atom is 0.309 e. The van der Waals surface area contributed by atoms with E-state index in [9.17, 15) is 4.79 Å². The third-order valence-corrected chi connectivity index (χ3v) is 2.48. The van der Waals surface area contributed by atoms with Gasteiger partial charge in [0.1, 0.15) is 10.9 Å². The van der Waals surface area contributed by atoms with Gasteiger partial charge in [0, 0.05) is 0 Å². The summed E-state index contributed by atoms with van der Waals surface area (Å²) in [6.07, 6.45) is 3.82. The van der Waals surface area contributed by atoms with Crippen LogP contribution in [0.15, 0.2) is 17.5 Å². The lowest BCUT2D eigenvalue weighted by Crippen LogP contribution is -2.01. The molecular formula is C11H11NO2S. The molecule has 0 aliphatic heterocycles.